The van der Waals surface area contributed by atoms with Crippen molar-refractivity contribution in [3.05, 3.63) is 77.7 Å². The highest BCUT2D eigenvalue weighted by Gasteiger charge is 2.30. The van der Waals surface area contributed by atoms with E-state index in [1.807, 2.05) is 60.7 Å². The SMILES string of the molecule is C=CCN1C(=O)/C(=C\c2ccc(Nc3ccccc3)cc2)SC1=S. The second kappa shape index (κ2) is 7.47. The Bertz CT molecular complexity index is 798. The molecular weight excluding hydrogens is 336 g/mol. The van der Waals surface area contributed by atoms with Crippen molar-refractivity contribution in [3.8, 4) is 0 Å². The number of para-hydroxylation sites is 1. The molecule has 120 valence electrons. The van der Waals surface area contributed by atoms with E-state index in [0.717, 1.165) is 16.9 Å². The molecule has 1 heterocycles. The number of benzene rings is 2. The highest BCUT2D eigenvalue weighted by molar-refractivity contribution is 8.26. The largest absolute Gasteiger partial charge is 0.356 e. The maximum absolute atomic E-state index is 12.3. The third-order valence-corrected chi connectivity index (χ3v) is 4.83. The van der Waals surface area contributed by atoms with Crippen LogP contribution in [-0.4, -0.2) is 21.7 Å². The molecule has 3 rings (SSSR count). The fourth-order valence-corrected chi connectivity index (χ4v) is 3.56. The third kappa shape index (κ3) is 3.75. The molecule has 0 atom stereocenters. The topological polar surface area (TPSA) is 32.3 Å². The van der Waals surface area contributed by atoms with Crippen LogP contribution in [0.15, 0.2) is 72.2 Å². The summed E-state index contributed by atoms with van der Waals surface area (Å²) in [7, 11) is 0. The number of thiocarbonyl (C=S) groups is 1. The maximum atomic E-state index is 12.3. The minimum absolute atomic E-state index is 0.0589. The average molecular weight is 352 g/mol. The summed E-state index contributed by atoms with van der Waals surface area (Å²) in [5, 5.41) is 3.33. The van der Waals surface area contributed by atoms with Crippen LogP contribution in [0.5, 0.6) is 0 Å². The predicted molar refractivity (Wildman–Crippen MR) is 106 cm³/mol. The minimum Gasteiger partial charge on any atom is -0.356 e. The van der Waals surface area contributed by atoms with Gasteiger partial charge in [-0.15, -0.1) is 6.58 Å². The van der Waals surface area contributed by atoms with E-state index in [-0.39, 0.29) is 5.91 Å². The molecule has 1 saturated heterocycles. The first kappa shape index (κ1) is 16.5. The van der Waals surface area contributed by atoms with Crippen molar-refractivity contribution >= 4 is 51.7 Å². The van der Waals surface area contributed by atoms with Crippen LogP contribution in [0.1, 0.15) is 5.56 Å². The number of nitrogens with one attached hydrogen (secondary N) is 1. The zero-order chi connectivity index (χ0) is 16.9. The number of amides is 1. The number of hydrogen-bond donors (Lipinski definition) is 1. The van der Waals surface area contributed by atoms with E-state index < -0.39 is 0 Å². The molecule has 0 aliphatic carbocycles. The monoisotopic (exact) mass is 352 g/mol. The average Bonchev–Trinajstić information content (AvgIpc) is 2.85. The second-order valence-corrected chi connectivity index (χ2v) is 6.87. The molecule has 5 heteroatoms. The molecule has 0 radical (unpaired) electrons. The lowest BCUT2D eigenvalue weighted by Gasteiger charge is -2.10. The highest BCUT2D eigenvalue weighted by atomic mass is 32.2. The van der Waals surface area contributed by atoms with Gasteiger partial charge in [0.25, 0.3) is 5.91 Å². The predicted octanol–water partition coefficient (Wildman–Crippen LogP) is 4.82. The Kier molecular flexibility index (Phi) is 5.13. The van der Waals surface area contributed by atoms with Crippen molar-refractivity contribution < 1.29 is 4.79 Å². The van der Waals surface area contributed by atoms with Gasteiger partial charge in [0.2, 0.25) is 0 Å². The van der Waals surface area contributed by atoms with Crippen LogP contribution in [-0.2, 0) is 4.79 Å². The van der Waals surface area contributed by atoms with Gasteiger partial charge in [-0.2, -0.15) is 0 Å². The maximum Gasteiger partial charge on any atom is 0.266 e. The Morgan fingerprint density at radius 3 is 2.42 bits per heavy atom. The molecule has 0 spiro atoms. The molecule has 0 aromatic heterocycles. The van der Waals surface area contributed by atoms with Crippen LogP contribution in [0, 0.1) is 0 Å². The summed E-state index contributed by atoms with van der Waals surface area (Å²) in [6.07, 6.45) is 3.55. The van der Waals surface area contributed by atoms with Gasteiger partial charge in [-0.25, -0.2) is 0 Å². The lowest BCUT2D eigenvalue weighted by atomic mass is 10.2. The first-order chi connectivity index (χ1) is 11.7. The number of anilines is 2. The zero-order valence-corrected chi connectivity index (χ0v) is 14.6. The summed E-state index contributed by atoms with van der Waals surface area (Å²) in [4.78, 5) is 14.5. The standard InChI is InChI=1S/C19H16N2OS2/c1-2-12-21-18(22)17(24-19(21)23)13-14-8-10-16(11-9-14)20-15-6-4-3-5-7-15/h2-11,13,20H,1,12H2/b17-13+. The van der Waals surface area contributed by atoms with Crippen LogP contribution in [0.25, 0.3) is 6.08 Å². The summed E-state index contributed by atoms with van der Waals surface area (Å²) in [6.45, 7) is 4.10. The number of carbonyl (C=O) groups excluding carboxylic acids is 1. The number of nitrogens with zero attached hydrogens (tertiary/aromatic N) is 1. The molecular formula is C19H16N2OS2. The molecule has 1 N–H and O–H groups in total. The Balaban J connectivity index is 1.73. The molecule has 1 amide bonds. The molecule has 0 saturated carbocycles. The van der Waals surface area contributed by atoms with E-state index in [2.05, 4.69) is 11.9 Å². The van der Waals surface area contributed by atoms with E-state index in [9.17, 15) is 4.79 Å². The molecule has 3 nitrogen and oxygen atoms in total. The number of hydrogen-bond acceptors (Lipinski definition) is 4. The van der Waals surface area contributed by atoms with Gasteiger partial charge in [0.05, 0.1) is 4.91 Å². The summed E-state index contributed by atoms with van der Waals surface area (Å²) in [6, 6.07) is 17.9. The van der Waals surface area contributed by atoms with Gasteiger partial charge >= 0.3 is 0 Å². The Morgan fingerprint density at radius 1 is 1.08 bits per heavy atom. The van der Waals surface area contributed by atoms with E-state index in [4.69, 9.17) is 12.2 Å². The van der Waals surface area contributed by atoms with Gasteiger partial charge in [0.1, 0.15) is 4.32 Å². The highest BCUT2D eigenvalue weighted by Crippen LogP contribution is 2.32. The van der Waals surface area contributed by atoms with Crippen LogP contribution in [0.3, 0.4) is 0 Å². The van der Waals surface area contributed by atoms with Crippen LogP contribution in [0.4, 0.5) is 11.4 Å². The van der Waals surface area contributed by atoms with Crippen molar-refractivity contribution in [2.75, 3.05) is 11.9 Å². The molecule has 0 unspecified atom stereocenters. The lowest BCUT2D eigenvalue weighted by Crippen LogP contribution is -2.27. The van der Waals surface area contributed by atoms with Crippen molar-refractivity contribution in [3.63, 3.8) is 0 Å². The molecule has 2 aromatic rings. The van der Waals surface area contributed by atoms with Crippen LogP contribution >= 0.6 is 24.0 Å². The zero-order valence-electron chi connectivity index (χ0n) is 12.9. The van der Waals surface area contributed by atoms with Gasteiger partial charge in [-0.3, -0.25) is 9.69 Å². The molecule has 2 aromatic carbocycles. The third-order valence-electron chi connectivity index (χ3n) is 3.46. The molecule has 1 aliphatic heterocycles. The number of carbonyl (C=O) groups is 1. The molecule has 1 aliphatic rings. The lowest BCUT2D eigenvalue weighted by molar-refractivity contribution is -0.121. The van der Waals surface area contributed by atoms with Gasteiger partial charge < -0.3 is 5.32 Å². The van der Waals surface area contributed by atoms with Gasteiger partial charge in [-0.1, -0.05) is 60.4 Å². The van der Waals surface area contributed by atoms with E-state index in [1.54, 1.807) is 11.0 Å². The smallest absolute Gasteiger partial charge is 0.266 e. The second-order valence-electron chi connectivity index (χ2n) is 5.19. The van der Waals surface area contributed by atoms with Gasteiger partial charge in [-0.05, 0) is 35.9 Å². The Morgan fingerprint density at radius 2 is 1.75 bits per heavy atom. The minimum atomic E-state index is -0.0589. The Labute approximate surface area is 151 Å². The quantitative estimate of drug-likeness (QED) is 0.475. The van der Waals surface area contributed by atoms with Gasteiger partial charge in [0, 0.05) is 17.9 Å². The fourth-order valence-electron chi connectivity index (χ4n) is 2.29. The number of rotatable bonds is 5. The van der Waals surface area contributed by atoms with Gasteiger partial charge in [0.15, 0.2) is 0 Å². The van der Waals surface area contributed by atoms with E-state index in [1.165, 1.54) is 11.8 Å². The van der Waals surface area contributed by atoms with E-state index >= 15 is 0 Å². The van der Waals surface area contributed by atoms with Crippen molar-refractivity contribution in [1.29, 1.82) is 0 Å². The molecule has 24 heavy (non-hydrogen) atoms. The number of thioether (sulfide) groups is 1. The molecule has 0 bridgehead atoms. The van der Waals surface area contributed by atoms with Crippen molar-refractivity contribution in [1.82, 2.24) is 4.90 Å². The fraction of sp³-hybridized carbons (Fsp3) is 0.0526. The summed E-state index contributed by atoms with van der Waals surface area (Å²) in [5.74, 6) is -0.0589. The van der Waals surface area contributed by atoms with Crippen LogP contribution < -0.4 is 5.32 Å². The first-order valence-electron chi connectivity index (χ1n) is 7.46. The Hall–Kier alpha value is -2.37. The summed E-state index contributed by atoms with van der Waals surface area (Å²) < 4.78 is 0.577. The normalized spacial score (nSPS) is 15.8. The van der Waals surface area contributed by atoms with Crippen LogP contribution in [0.2, 0.25) is 0 Å². The van der Waals surface area contributed by atoms with E-state index in [0.29, 0.717) is 15.8 Å². The van der Waals surface area contributed by atoms with Crippen molar-refractivity contribution in [2.45, 2.75) is 0 Å². The van der Waals surface area contributed by atoms with Crippen molar-refractivity contribution in [2.24, 2.45) is 0 Å². The molecule has 1 fully saturated rings. The summed E-state index contributed by atoms with van der Waals surface area (Å²) >= 11 is 6.57. The first-order valence-corrected chi connectivity index (χ1v) is 8.68. The summed E-state index contributed by atoms with van der Waals surface area (Å²) in [5.41, 5.74) is 3.00.